The van der Waals surface area contributed by atoms with Crippen molar-refractivity contribution in [3.05, 3.63) is 88.4 Å². The van der Waals surface area contributed by atoms with Gasteiger partial charge in [0.25, 0.3) is 5.91 Å². The van der Waals surface area contributed by atoms with Gasteiger partial charge in [0.1, 0.15) is 11.3 Å². The van der Waals surface area contributed by atoms with Crippen molar-refractivity contribution in [2.75, 3.05) is 11.5 Å². The molecule has 0 N–H and O–H groups in total. The lowest BCUT2D eigenvalue weighted by Gasteiger charge is -2.20. The van der Waals surface area contributed by atoms with Crippen LogP contribution in [0.15, 0.2) is 77.3 Å². The fraction of sp³-hybridized carbons (Fsp3) is 0.130. The summed E-state index contributed by atoms with van der Waals surface area (Å²) in [5, 5.41) is 0.654. The van der Waals surface area contributed by atoms with Crippen LogP contribution in [0.5, 0.6) is 5.75 Å². The fourth-order valence-electron chi connectivity index (χ4n) is 3.07. The van der Waals surface area contributed by atoms with Crippen LogP contribution < -0.4 is 9.64 Å². The number of fused-ring (bicyclic) bond motifs is 1. The lowest BCUT2D eigenvalue weighted by Crippen LogP contribution is -2.30. The molecule has 0 spiro atoms. The molecule has 0 atom stereocenters. The van der Waals surface area contributed by atoms with Gasteiger partial charge in [-0.15, -0.1) is 0 Å². The fourth-order valence-corrected chi connectivity index (χ4v) is 4.45. The lowest BCUT2D eigenvalue weighted by molar-refractivity contribution is 0.0985. The number of nitrogens with zero attached hydrogens (tertiary/aromatic N) is 2. The van der Waals surface area contributed by atoms with Gasteiger partial charge in [0.05, 0.1) is 17.9 Å². The summed E-state index contributed by atoms with van der Waals surface area (Å²) in [7, 11) is 0. The Morgan fingerprint density at radius 1 is 1.07 bits per heavy atom. The van der Waals surface area contributed by atoms with Crippen LogP contribution in [-0.4, -0.2) is 17.5 Å². The smallest absolute Gasteiger partial charge is 0.260 e. The molecule has 1 aromatic heterocycles. The van der Waals surface area contributed by atoms with Crippen LogP contribution in [0, 0.1) is 0 Å². The van der Waals surface area contributed by atoms with Crippen LogP contribution in [0.3, 0.4) is 0 Å². The van der Waals surface area contributed by atoms with Crippen molar-refractivity contribution < 1.29 is 9.53 Å². The zero-order chi connectivity index (χ0) is 20.2. The van der Waals surface area contributed by atoms with Crippen molar-refractivity contribution in [2.45, 2.75) is 13.5 Å². The Bertz CT molecular complexity index is 1140. The maximum Gasteiger partial charge on any atom is 0.260 e. The van der Waals surface area contributed by atoms with E-state index in [1.165, 1.54) is 11.3 Å². The molecule has 0 aliphatic rings. The van der Waals surface area contributed by atoms with E-state index in [4.69, 9.17) is 9.72 Å². The molecule has 1 heterocycles. The highest BCUT2D eigenvalue weighted by Gasteiger charge is 2.23. The number of anilines is 1. The van der Waals surface area contributed by atoms with Crippen molar-refractivity contribution in [3.63, 3.8) is 0 Å². The Kier molecular flexibility index (Phi) is 5.92. The second-order valence-corrected chi connectivity index (χ2v) is 8.34. The number of carbonyl (C=O) groups excluding carboxylic acids is 1. The molecule has 146 valence electrons. The zero-order valence-electron chi connectivity index (χ0n) is 15.8. The number of para-hydroxylation sites is 1. The standard InChI is InChI=1S/C23H19BrN2O2S/c1-2-28-19-12-7-13-20-21(19)25-23(29-20)26(15-16-8-4-3-5-9-16)22(27)17-10-6-11-18(24)14-17/h3-14H,2,15H2,1H3. The van der Waals surface area contributed by atoms with Gasteiger partial charge >= 0.3 is 0 Å². The molecular formula is C23H19BrN2O2S. The molecule has 0 unspecified atom stereocenters. The Labute approximate surface area is 181 Å². The number of ether oxygens (including phenoxy) is 1. The predicted molar refractivity (Wildman–Crippen MR) is 122 cm³/mol. The largest absolute Gasteiger partial charge is 0.492 e. The summed E-state index contributed by atoms with van der Waals surface area (Å²) in [6, 6.07) is 23.2. The first-order chi connectivity index (χ1) is 14.2. The first kappa shape index (κ1) is 19.6. The summed E-state index contributed by atoms with van der Waals surface area (Å²) < 4.78 is 7.58. The summed E-state index contributed by atoms with van der Waals surface area (Å²) in [5.74, 6) is 0.647. The topological polar surface area (TPSA) is 42.4 Å². The molecule has 3 aromatic carbocycles. The summed E-state index contributed by atoms with van der Waals surface area (Å²) in [6.45, 7) is 2.96. The number of amides is 1. The summed E-state index contributed by atoms with van der Waals surface area (Å²) in [5.41, 5.74) is 2.44. The number of aromatic nitrogens is 1. The molecule has 0 saturated carbocycles. The number of halogens is 1. The lowest BCUT2D eigenvalue weighted by atomic mass is 10.1. The predicted octanol–water partition coefficient (Wildman–Crippen LogP) is 6.30. The number of thiazole rings is 1. The van der Waals surface area contributed by atoms with Gasteiger partial charge in [-0.25, -0.2) is 4.98 Å². The van der Waals surface area contributed by atoms with Crippen LogP contribution >= 0.6 is 27.3 Å². The number of carbonyl (C=O) groups is 1. The van der Waals surface area contributed by atoms with Gasteiger partial charge in [-0.05, 0) is 42.8 Å². The van der Waals surface area contributed by atoms with E-state index in [9.17, 15) is 4.79 Å². The number of hydrogen-bond donors (Lipinski definition) is 0. The zero-order valence-corrected chi connectivity index (χ0v) is 18.2. The van der Waals surface area contributed by atoms with Crippen molar-refractivity contribution in [1.82, 2.24) is 4.98 Å². The second kappa shape index (κ2) is 8.76. The molecule has 0 bridgehead atoms. The Morgan fingerprint density at radius 2 is 1.86 bits per heavy atom. The quantitative estimate of drug-likeness (QED) is 0.334. The van der Waals surface area contributed by atoms with Crippen molar-refractivity contribution >= 4 is 48.5 Å². The molecule has 0 saturated heterocycles. The van der Waals surface area contributed by atoms with Gasteiger partial charge in [0.15, 0.2) is 5.13 Å². The van der Waals surface area contributed by atoms with E-state index < -0.39 is 0 Å². The average molecular weight is 467 g/mol. The maximum absolute atomic E-state index is 13.4. The molecule has 4 aromatic rings. The van der Waals surface area contributed by atoms with Gasteiger partial charge < -0.3 is 4.74 Å². The molecule has 29 heavy (non-hydrogen) atoms. The third-order valence-electron chi connectivity index (χ3n) is 4.40. The summed E-state index contributed by atoms with van der Waals surface area (Å²) >= 11 is 4.95. The van der Waals surface area contributed by atoms with Gasteiger partial charge in [-0.2, -0.15) is 0 Å². The average Bonchev–Trinajstić information content (AvgIpc) is 3.17. The number of hydrogen-bond acceptors (Lipinski definition) is 4. The molecule has 4 rings (SSSR count). The van der Waals surface area contributed by atoms with Gasteiger partial charge in [-0.3, -0.25) is 9.69 Å². The Hall–Kier alpha value is -2.70. The second-order valence-electron chi connectivity index (χ2n) is 6.42. The maximum atomic E-state index is 13.4. The highest BCUT2D eigenvalue weighted by atomic mass is 79.9. The molecule has 0 radical (unpaired) electrons. The SMILES string of the molecule is CCOc1cccc2sc(N(Cc3ccccc3)C(=O)c3cccc(Br)c3)nc12. The molecule has 0 aliphatic carbocycles. The normalized spacial score (nSPS) is 10.8. The van der Waals surface area contributed by atoms with Crippen LogP contribution in [0.25, 0.3) is 10.2 Å². The minimum atomic E-state index is -0.0906. The number of benzene rings is 3. The van der Waals surface area contributed by atoms with Crippen LogP contribution in [0.2, 0.25) is 0 Å². The number of rotatable bonds is 6. The summed E-state index contributed by atoms with van der Waals surface area (Å²) in [4.78, 5) is 19.9. The Morgan fingerprint density at radius 3 is 2.62 bits per heavy atom. The molecule has 0 aliphatic heterocycles. The Balaban J connectivity index is 1.78. The van der Waals surface area contributed by atoms with E-state index in [1.54, 1.807) is 4.90 Å². The van der Waals surface area contributed by atoms with Crippen molar-refractivity contribution in [1.29, 1.82) is 0 Å². The van der Waals surface area contributed by atoms with Gasteiger partial charge in [0, 0.05) is 10.0 Å². The van der Waals surface area contributed by atoms with Crippen LogP contribution in [0.1, 0.15) is 22.8 Å². The minimum Gasteiger partial charge on any atom is -0.492 e. The third-order valence-corrected chi connectivity index (χ3v) is 5.94. The monoisotopic (exact) mass is 466 g/mol. The van der Waals surface area contributed by atoms with E-state index in [-0.39, 0.29) is 5.91 Å². The first-order valence-electron chi connectivity index (χ1n) is 9.29. The van der Waals surface area contributed by atoms with E-state index in [0.717, 1.165) is 26.0 Å². The van der Waals surface area contributed by atoms with E-state index in [1.807, 2.05) is 79.7 Å². The molecule has 4 nitrogen and oxygen atoms in total. The van der Waals surface area contributed by atoms with E-state index >= 15 is 0 Å². The van der Waals surface area contributed by atoms with Crippen LogP contribution in [-0.2, 0) is 6.54 Å². The third kappa shape index (κ3) is 4.33. The molecule has 1 amide bonds. The molecule has 6 heteroatoms. The van der Waals surface area contributed by atoms with Crippen molar-refractivity contribution in [3.8, 4) is 5.75 Å². The van der Waals surface area contributed by atoms with Crippen LogP contribution in [0.4, 0.5) is 5.13 Å². The van der Waals surface area contributed by atoms with E-state index in [2.05, 4.69) is 15.9 Å². The highest BCUT2D eigenvalue weighted by molar-refractivity contribution is 9.10. The minimum absolute atomic E-state index is 0.0906. The van der Waals surface area contributed by atoms with Crippen molar-refractivity contribution in [2.24, 2.45) is 0 Å². The highest BCUT2D eigenvalue weighted by Crippen LogP contribution is 2.35. The molecule has 0 fully saturated rings. The van der Waals surface area contributed by atoms with Gasteiger partial charge in [0.2, 0.25) is 0 Å². The van der Waals surface area contributed by atoms with E-state index in [0.29, 0.717) is 23.8 Å². The van der Waals surface area contributed by atoms with Gasteiger partial charge in [-0.1, -0.05) is 69.7 Å². The summed E-state index contributed by atoms with van der Waals surface area (Å²) in [6.07, 6.45) is 0. The molecular weight excluding hydrogens is 448 g/mol. The first-order valence-corrected chi connectivity index (χ1v) is 10.9.